The molecule has 0 aliphatic heterocycles. The minimum Gasteiger partial charge on any atom is -0.393 e. The van der Waals surface area contributed by atoms with E-state index >= 15 is 0 Å². The molecule has 0 heterocycles. The lowest BCUT2D eigenvalue weighted by molar-refractivity contribution is -0.125. The fourth-order valence-corrected chi connectivity index (χ4v) is 7.29. The van der Waals surface area contributed by atoms with Crippen LogP contribution in [-0.2, 0) is 18.4 Å². The summed E-state index contributed by atoms with van der Waals surface area (Å²) in [7, 11) is -4.36. The molecule has 0 aromatic heterocycles. The van der Waals surface area contributed by atoms with Gasteiger partial charge in [0.25, 0.3) is 0 Å². The van der Waals surface area contributed by atoms with Crippen molar-refractivity contribution in [1.82, 2.24) is 5.32 Å². The molecule has 0 saturated carbocycles. The third-order valence-corrected chi connectivity index (χ3v) is 10.7. The van der Waals surface area contributed by atoms with Gasteiger partial charge in [0, 0.05) is 6.54 Å². The molecule has 4 atom stereocenters. The maximum absolute atomic E-state index is 12.7. The SMILES string of the molecule is CCCCCCCCCCCCCCCCCCCCCCCC(O)C(COP(=O)(O)OCCN)NC(=O)CC(O)CCCCCCCCC. The first-order valence-electron chi connectivity index (χ1n) is 21.2. The Hall–Kier alpha value is -0.540. The summed E-state index contributed by atoms with van der Waals surface area (Å²) < 4.78 is 22.1. The Morgan fingerprint density at radius 1 is 0.600 bits per heavy atom. The summed E-state index contributed by atoms with van der Waals surface area (Å²) >= 11 is 0. The zero-order chi connectivity index (χ0) is 37.0. The van der Waals surface area contributed by atoms with Gasteiger partial charge in [0.2, 0.25) is 5.91 Å². The first-order valence-corrected chi connectivity index (χ1v) is 22.7. The van der Waals surface area contributed by atoms with Crippen molar-refractivity contribution in [3.05, 3.63) is 0 Å². The van der Waals surface area contributed by atoms with Crippen LogP contribution >= 0.6 is 7.82 Å². The van der Waals surface area contributed by atoms with E-state index in [1.165, 1.54) is 141 Å². The fourth-order valence-electron chi connectivity index (χ4n) is 6.53. The lowest BCUT2D eigenvalue weighted by atomic mass is 10.0. The average Bonchev–Trinajstić information content (AvgIpc) is 3.09. The number of phosphoric ester groups is 1. The highest BCUT2D eigenvalue weighted by Gasteiger charge is 2.28. The normalized spacial score (nSPS) is 14.8. The lowest BCUT2D eigenvalue weighted by Gasteiger charge is -2.25. The van der Waals surface area contributed by atoms with Crippen LogP contribution in [0.15, 0.2) is 0 Å². The van der Waals surface area contributed by atoms with Gasteiger partial charge in [-0.25, -0.2) is 4.57 Å². The Balaban J connectivity index is 4.13. The highest BCUT2D eigenvalue weighted by molar-refractivity contribution is 7.47. The van der Waals surface area contributed by atoms with E-state index in [1.54, 1.807) is 0 Å². The second-order valence-electron chi connectivity index (χ2n) is 14.8. The van der Waals surface area contributed by atoms with Gasteiger partial charge in [-0.15, -0.1) is 0 Å². The van der Waals surface area contributed by atoms with Gasteiger partial charge >= 0.3 is 7.82 Å². The summed E-state index contributed by atoms with van der Waals surface area (Å²) in [6, 6.07) is -0.889. The number of rotatable bonds is 40. The standard InChI is InChI=1S/C40H83N2O7P/c1-3-5-7-9-11-12-13-14-15-16-17-18-19-20-21-22-23-24-26-28-30-32-39(44)38(36-49-50(46,47)48-34-33-41)42-40(45)35-37(43)31-29-27-25-10-8-6-4-2/h37-39,43-44H,3-36,41H2,1-2H3,(H,42,45)(H,46,47). The van der Waals surface area contributed by atoms with Gasteiger partial charge in [0.1, 0.15) is 0 Å². The number of aliphatic hydroxyl groups excluding tert-OH is 2. The van der Waals surface area contributed by atoms with Crippen LogP contribution in [0, 0.1) is 0 Å². The maximum Gasteiger partial charge on any atom is 0.472 e. The van der Waals surface area contributed by atoms with Gasteiger partial charge in [0.15, 0.2) is 0 Å². The van der Waals surface area contributed by atoms with Gasteiger partial charge in [-0.3, -0.25) is 13.8 Å². The summed E-state index contributed by atoms with van der Waals surface area (Å²) in [5.74, 6) is -0.414. The van der Waals surface area contributed by atoms with Crippen molar-refractivity contribution in [2.45, 2.75) is 231 Å². The van der Waals surface area contributed by atoms with Crippen LogP contribution in [-0.4, -0.2) is 59.0 Å². The van der Waals surface area contributed by atoms with E-state index in [0.717, 1.165) is 38.5 Å². The van der Waals surface area contributed by atoms with E-state index in [-0.39, 0.29) is 26.2 Å². The third-order valence-electron chi connectivity index (χ3n) is 9.77. The predicted molar refractivity (Wildman–Crippen MR) is 209 cm³/mol. The summed E-state index contributed by atoms with van der Waals surface area (Å²) in [6.45, 7) is 4.02. The molecule has 0 spiro atoms. The van der Waals surface area contributed by atoms with Crippen molar-refractivity contribution >= 4 is 13.7 Å². The Bertz CT molecular complexity index is 776. The number of phosphoric acid groups is 1. The summed E-state index contributed by atoms with van der Waals surface area (Å²) in [5.41, 5.74) is 5.35. The minimum atomic E-state index is -4.36. The number of unbranched alkanes of at least 4 members (excludes halogenated alkanes) is 26. The second-order valence-corrected chi connectivity index (χ2v) is 16.2. The maximum atomic E-state index is 12.7. The molecule has 0 aromatic carbocycles. The number of aliphatic hydroxyl groups is 2. The van der Waals surface area contributed by atoms with E-state index in [0.29, 0.717) is 12.8 Å². The number of hydrogen-bond acceptors (Lipinski definition) is 7. The Morgan fingerprint density at radius 3 is 1.34 bits per heavy atom. The van der Waals surface area contributed by atoms with Crippen molar-refractivity contribution in [3.63, 3.8) is 0 Å². The van der Waals surface area contributed by atoms with Gasteiger partial charge in [-0.1, -0.05) is 194 Å². The molecular formula is C40H83N2O7P. The summed E-state index contributed by atoms with van der Waals surface area (Å²) in [6.07, 6.45) is 34.6. The topological polar surface area (TPSA) is 151 Å². The Labute approximate surface area is 308 Å². The van der Waals surface area contributed by atoms with Crippen LogP contribution in [0.1, 0.15) is 213 Å². The largest absolute Gasteiger partial charge is 0.472 e. The molecule has 4 unspecified atom stereocenters. The van der Waals surface area contributed by atoms with Crippen LogP contribution in [0.25, 0.3) is 0 Å². The van der Waals surface area contributed by atoms with Crippen LogP contribution in [0.5, 0.6) is 0 Å². The van der Waals surface area contributed by atoms with Crippen molar-refractivity contribution in [2.24, 2.45) is 5.73 Å². The van der Waals surface area contributed by atoms with Crippen LogP contribution < -0.4 is 11.1 Å². The first kappa shape index (κ1) is 49.5. The third kappa shape index (κ3) is 34.5. The molecular weight excluding hydrogens is 651 g/mol. The molecule has 300 valence electrons. The summed E-state index contributed by atoms with van der Waals surface area (Å²) in [4.78, 5) is 22.6. The predicted octanol–water partition coefficient (Wildman–Crippen LogP) is 10.4. The molecule has 0 aliphatic rings. The lowest BCUT2D eigenvalue weighted by Crippen LogP contribution is -2.47. The molecule has 10 heteroatoms. The smallest absolute Gasteiger partial charge is 0.393 e. The van der Waals surface area contributed by atoms with Crippen molar-refractivity contribution in [1.29, 1.82) is 0 Å². The zero-order valence-electron chi connectivity index (χ0n) is 32.8. The molecule has 9 nitrogen and oxygen atoms in total. The molecule has 0 rings (SSSR count). The minimum absolute atomic E-state index is 0.0623. The van der Waals surface area contributed by atoms with E-state index < -0.39 is 32.0 Å². The molecule has 0 saturated heterocycles. The average molecular weight is 735 g/mol. The number of nitrogens with two attached hydrogens (primary N) is 1. The molecule has 0 radical (unpaired) electrons. The van der Waals surface area contributed by atoms with Crippen LogP contribution in [0.4, 0.5) is 0 Å². The van der Waals surface area contributed by atoms with Crippen molar-refractivity contribution < 1.29 is 33.5 Å². The van der Waals surface area contributed by atoms with Gasteiger partial charge < -0.3 is 26.2 Å². The quantitative estimate of drug-likeness (QED) is 0.0308. The number of carbonyl (C=O) groups excluding carboxylic acids is 1. The van der Waals surface area contributed by atoms with Crippen LogP contribution in [0.2, 0.25) is 0 Å². The second kappa shape index (κ2) is 36.8. The number of hydrogen-bond donors (Lipinski definition) is 5. The molecule has 6 N–H and O–H groups in total. The fraction of sp³-hybridized carbons (Fsp3) is 0.975. The Kier molecular flexibility index (Phi) is 36.4. The van der Waals surface area contributed by atoms with Crippen molar-refractivity contribution in [3.8, 4) is 0 Å². The zero-order valence-corrected chi connectivity index (χ0v) is 33.7. The van der Waals surface area contributed by atoms with Crippen molar-refractivity contribution in [2.75, 3.05) is 19.8 Å². The molecule has 0 bridgehead atoms. The molecule has 0 fully saturated rings. The monoisotopic (exact) mass is 735 g/mol. The molecule has 0 aliphatic carbocycles. The Morgan fingerprint density at radius 2 is 0.960 bits per heavy atom. The van der Waals surface area contributed by atoms with Gasteiger partial charge in [-0.2, -0.15) is 0 Å². The highest BCUT2D eigenvalue weighted by atomic mass is 31.2. The molecule has 0 aromatic rings. The first-order chi connectivity index (χ1) is 24.3. The van der Waals surface area contributed by atoms with Gasteiger partial charge in [-0.05, 0) is 12.8 Å². The van der Waals surface area contributed by atoms with Crippen LogP contribution in [0.3, 0.4) is 0 Å². The number of nitrogens with one attached hydrogen (secondary N) is 1. The molecule has 1 amide bonds. The van der Waals surface area contributed by atoms with E-state index in [9.17, 15) is 24.5 Å². The highest BCUT2D eigenvalue weighted by Crippen LogP contribution is 2.43. The van der Waals surface area contributed by atoms with E-state index in [4.69, 9.17) is 14.8 Å². The number of carbonyl (C=O) groups is 1. The van der Waals surface area contributed by atoms with Gasteiger partial charge in [0.05, 0.1) is 37.9 Å². The summed E-state index contributed by atoms with van der Waals surface area (Å²) in [5, 5.41) is 24.0. The van der Waals surface area contributed by atoms with E-state index in [2.05, 4.69) is 19.2 Å². The van der Waals surface area contributed by atoms with E-state index in [1.807, 2.05) is 0 Å². The number of amides is 1. The molecule has 50 heavy (non-hydrogen) atoms.